The van der Waals surface area contributed by atoms with Gasteiger partial charge < -0.3 is 15.4 Å². The molecule has 1 amide bonds. The summed E-state index contributed by atoms with van der Waals surface area (Å²) in [7, 11) is 1.57. The number of pyridine rings is 1. The molecule has 6 heteroatoms. The lowest BCUT2D eigenvalue weighted by Crippen LogP contribution is -2.24. The number of rotatable bonds is 6. The van der Waals surface area contributed by atoms with E-state index in [1.54, 1.807) is 19.3 Å². The summed E-state index contributed by atoms with van der Waals surface area (Å²) < 4.78 is 18.7. The lowest BCUT2D eigenvalue weighted by molar-refractivity contribution is -0.122. The van der Waals surface area contributed by atoms with Gasteiger partial charge in [-0.05, 0) is 35.9 Å². The first-order chi connectivity index (χ1) is 12.2. The highest BCUT2D eigenvalue weighted by Crippen LogP contribution is 2.23. The summed E-state index contributed by atoms with van der Waals surface area (Å²) in [6, 6.07) is 13.9. The van der Waals surface area contributed by atoms with Crippen molar-refractivity contribution in [2.75, 3.05) is 19.0 Å². The largest absolute Gasteiger partial charge is 0.484 e. The highest BCUT2D eigenvalue weighted by atomic mass is 19.1. The maximum Gasteiger partial charge on any atom is 0.257 e. The Balaban J connectivity index is 1.65. The first kappa shape index (κ1) is 16.7. The van der Waals surface area contributed by atoms with E-state index in [9.17, 15) is 9.18 Å². The Kier molecular flexibility index (Phi) is 5.09. The molecule has 0 saturated heterocycles. The van der Waals surface area contributed by atoms with Crippen molar-refractivity contribution in [3.8, 4) is 5.75 Å². The van der Waals surface area contributed by atoms with Crippen LogP contribution in [0.4, 0.5) is 10.1 Å². The first-order valence-electron chi connectivity index (χ1n) is 7.86. The molecule has 2 aromatic carbocycles. The van der Waals surface area contributed by atoms with Crippen LogP contribution in [0.5, 0.6) is 5.75 Å². The van der Waals surface area contributed by atoms with Crippen molar-refractivity contribution in [3.63, 3.8) is 0 Å². The zero-order valence-corrected chi connectivity index (χ0v) is 13.8. The van der Waals surface area contributed by atoms with Gasteiger partial charge >= 0.3 is 0 Å². The molecule has 0 fully saturated rings. The minimum absolute atomic E-state index is 0.00629. The number of ether oxygens (including phenoxy) is 1. The van der Waals surface area contributed by atoms with Crippen molar-refractivity contribution < 1.29 is 13.9 Å². The molecular formula is C19H18FN3O2. The summed E-state index contributed by atoms with van der Waals surface area (Å²) in [4.78, 5) is 15.3. The van der Waals surface area contributed by atoms with Crippen LogP contribution >= 0.6 is 0 Å². The number of nitrogens with one attached hydrogen (secondary N) is 2. The van der Waals surface area contributed by atoms with Crippen molar-refractivity contribution in [1.29, 1.82) is 0 Å². The standard InChI is InChI=1S/C19H18FN3O2/c1-21-19(24)12-25-15-5-2-13(3-6-15)11-23-17-8-9-22-18-10-14(20)4-7-16(17)18/h2-10H,11-12H2,1H3,(H,21,24)(H,22,23). The molecule has 128 valence electrons. The summed E-state index contributed by atoms with van der Waals surface area (Å²) in [5.74, 6) is 0.161. The number of carbonyl (C=O) groups is 1. The normalized spacial score (nSPS) is 10.5. The van der Waals surface area contributed by atoms with Crippen LogP contribution in [0, 0.1) is 5.82 Å². The molecule has 3 rings (SSSR count). The van der Waals surface area contributed by atoms with Crippen molar-refractivity contribution >= 4 is 22.5 Å². The molecular weight excluding hydrogens is 321 g/mol. The van der Waals surface area contributed by atoms with Gasteiger partial charge in [-0.25, -0.2) is 4.39 Å². The van der Waals surface area contributed by atoms with Crippen LogP contribution in [0.2, 0.25) is 0 Å². The number of aromatic nitrogens is 1. The van der Waals surface area contributed by atoms with Crippen LogP contribution in [-0.2, 0) is 11.3 Å². The molecule has 0 saturated carbocycles. The van der Waals surface area contributed by atoms with Gasteiger partial charge in [0.15, 0.2) is 6.61 Å². The van der Waals surface area contributed by atoms with Gasteiger partial charge in [-0.1, -0.05) is 12.1 Å². The van der Waals surface area contributed by atoms with Gasteiger partial charge in [-0.2, -0.15) is 0 Å². The third kappa shape index (κ3) is 4.23. The monoisotopic (exact) mass is 339 g/mol. The molecule has 25 heavy (non-hydrogen) atoms. The topological polar surface area (TPSA) is 63.2 Å². The molecule has 0 unspecified atom stereocenters. The Bertz CT molecular complexity index is 881. The second kappa shape index (κ2) is 7.61. The Morgan fingerprint density at radius 2 is 1.96 bits per heavy atom. The maximum absolute atomic E-state index is 13.3. The number of likely N-dealkylation sites (N-methyl/N-ethyl adjacent to an activating group) is 1. The highest BCUT2D eigenvalue weighted by molar-refractivity contribution is 5.90. The van der Waals surface area contributed by atoms with E-state index in [1.165, 1.54) is 12.1 Å². The van der Waals surface area contributed by atoms with E-state index >= 15 is 0 Å². The third-order valence-electron chi connectivity index (χ3n) is 3.76. The fourth-order valence-corrected chi connectivity index (χ4v) is 2.40. The molecule has 0 radical (unpaired) electrons. The van der Waals surface area contributed by atoms with Crippen molar-refractivity contribution in [3.05, 3.63) is 66.1 Å². The summed E-state index contributed by atoms with van der Waals surface area (Å²) >= 11 is 0. The fraction of sp³-hybridized carbons (Fsp3) is 0.158. The SMILES string of the molecule is CNC(=O)COc1ccc(CNc2ccnc3cc(F)ccc23)cc1. The minimum atomic E-state index is -0.301. The predicted molar refractivity (Wildman–Crippen MR) is 95.0 cm³/mol. The van der Waals surface area contributed by atoms with Gasteiger partial charge in [0.25, 0.3) is 5.91 Å². The van der Waals surface area contributed by atoms with Crippen LogP contribution < -0.4 is 15.4 Å². The number of carbonyl (C=O) groups excluding carboxylic acids is 1. The first-order valence-corrected chi connectivity index (χ1v) is 7.86. The molecule has 0 aliphatic carbocycles. The van der Waals surface area contributed by atoms with Gasteiger partial charge in [-0.15, -0.1) is 0 Å². The molecule has 3 aromatic rings. The van der Waals surface area contributed by atoms with Gasteiger partial charge in [0.2, 0.25) is 0 Å². The van der Waals surface area contributed by atoms with Crippen LogP contribution in [0.25, 0.3) is 10.9 Å². The smallest absolute Gasteiger partial charge is 0.257 e. The molecule has 0 spiro atoms. The van der Waals surface area contributed by atoms with Gasteiger partial charge in [0.1, 0.15) is 11.6 Å². The summed E-state index contributed by atoms with van der Waals surface area (Å²) in [5.41, 5.74) is 2.56. The number of fused-ring (bicyclic) bond motifs is 1. The molecule has 2 N–H and O–H groups in total. The number of hydrogen-bond acceptors (Lipinski definition) is 4. The van der Waals surface area contributed by atoms with E-state index in [2.05, 4.69) is 15.6 Å². The van der Waals surface area contributed by atoms with E-state index < -0.39 is 0 Å². The van der Waals surface area contributed by atoms with Gasteiger partial charge in [-0.3, -0.25) is 9.78 Å². The van der Waals surface area contributed by atoms with Gasteiger partial charge in [0, 0.05) is 36.9 Å². The molecule has 5 nitrogen and oxygen atoms in total. The minimum Gasteiger partial charge on any atom is -0.484 e. The van der Waals surface area contributed by atoms with Crippen LogP contribution in [-0.4, -0.2) is 24.5 Å². The Hall–Kier alpha value is -3.15. The third-order valence-corrected chi connectivity index (χ3v) is 3.76. The Labute approximate surface area is 144 Å². The molecule has 0 bridgehead atoms. The second-order valence-electron chi connectivity index (χ2n) is 5.48. The predicted octanol–water partition coefficient (Wildman–Crippen LogP) is 3.11. The number of amides is 1. The molecule has 1 heterocycles. The zero-order chi connectivity index (χ0) is 17.6. The van der Waals surface area contributed by atoms with E-state index in [1.807, 2.05) is 30.3 Å². The summed E-state index contributed by atoms with van der Waals surface area (Å²) in [6.45, 7) is 0.597. The van der Waals surface area contributed by atoms with E-state index in [0.29, 0.717) is 17.8 Å². The highest BCUT2D eigenvalue weighted by Gasteiger charge is 2.04. The number of anilines is 1. The number of benzene rings is 2. The Morgan fingerprint density at radius 3 is 2.72 bits per heavy atom. The van der Waals surface area contributed by atoms with Crippen molar-refractivity contribution in [2.45, 2.75) is 6.54 Å². The summed E-state index contributed by atoms with van der Waals surface area (Å²) in [6.07, 6.45) is 1.65. The fourth-order valence-electron chi connectivity index (χ4n) is 2.40. The Morgan fingerprint density at radius 1 is 1.16 bits per heavy atom. The molecule has 1 aromatic heterocycles. The van der Waals surface area contributed by atoms with Gasteiger partial charge in [0.05, 0.1) is 5.52 Å². The number of halogens is 1. The molecule has 0 atom stereocenters. The van der Waals surface area contributed by atoms with Crippen LogP contribution in [0.3, 0.4) is 0 Å². The number of nitrogens with zero attached hydrogens (tertiary/aromatic N) is 1. The van der Waals surface area contributed by atoms with Crippen molar-refractivity contribution in [2.24, 2.45) is 0 Å². The average Bonchev–Trinajstić information content (AvgIpc) is 2.64. The molecule has 0 aliphatic heterocycles. The zero-order valence-electron chi connectivity index (χ0n) is 13.8. The maximum atomic E-state index is 13.3. The lowest BCUT2D eigenvalue weighted by Gasteiger charge is -2.10. The van der Waals surface area contributed by atoms with Crippen LogP contribution in [0.15, 0.2) is 54.7 Å². The lowest BCUT2D eigenvalue weighted by atomic mass is 10.1. The van der Waals surface area contributed by atoms with Crippen molar-refractivity contribution in [1.82, 2.24) is 10.3 Å². The molecule has 0 aliphatic rings. The quantitative estimate of drug-likeness (QED) is 0.724. The summed E-state index contributed by atoms with van der Waals surface area (Å²) in [5, 5.41) is 6.71. The van der Waals surface area contributed by atoms with E-state index in [-0.39, 0.29) is 18.3 Å². The average molecular weight is 339 g/mol. The van der Waals surface area contributed by atoms with E-state index in [0.717, 1.165) is 16.6 Å². The number of hydrogen-bond donors (Lipinski definition) is 2. The van der Waals surface area contributed by atoms with E-state index in [4.69, 9.17) is 4.74 Å². The second-order valence-corrected chi connectivity index (χ2v) is 5.48. The van der Waals surface area contributed by atoms with Crippen LogP contribution in [0.1, 0.15) is 5.56 Å².